The highest BCUT2D eigenvalue weighted by Gasteiger charge is 2.15. The minimum absolute atomic E-state index is 0.170. The van der Waals surface area contributed by atoms with E-state index in [1.807, 2.05) is 6.92 Å². The molecule has 21 heavy (non-hydrogen) atoms. The van der Waals surface area contributed by atoms with E-state index in [9.17, 15) is 8.42 Å². The Labute approximate surface area is 133 Å². The number of aryl methyl sites for hydroxylation is 1. The first-order valence-corrected chi connectivity index (χ1v) is 8.43. The Morgan fingerprint density at radius 3 is 2.10 bits per heavy atom. The summed E-state index contributed by atoms with van der Waals surface area (Å²) in [5, 5.41) is 0.392. The first-order chi connectivity index (χ1) is 9.83. The summed E-state index contributed by atoms with van der Waals surface area (Å²) in [5.74, 6) is 0. The second kappa shape index (κ2) is 6.13. The van der Waals surface area contributed by atoms with E-state index in [4.69, 9.17) is 28.9 Å². The van der Waals surface area contributed by atoms with E-state index < -0.39 is 10.0 Å². The summed E-state index contributed by atoms with van der Waals surface area (Å²) >= 11 is 11.8. The van der Waals surface area contributed by atoms with Crippen LogP contribution in [0.15, 0.2) is 41.3 Å². The van der Waals surface area contributed by atoms with Gasteiger partial charge in [-0.25, -0.2) is 8.42 Å². The van der Waals surface area contributed by atoms with Crippen LogP contribution < -0.4 is 10.5 Å². The summed E-state index contributed by atoms with van der Waals surface area (Å²) in [7, 11) is -3.69. The molecule has 2 rings (SSSR count). The number of nitrogen functional groups attached to an aromatic ring is 1. The highest BCUT2D eigenvalue weighted by atomic mass is 35.5. The average molecular weight is 345 g/mol. The molecule has 2 aromatic rings. The van der Waals surface area contributed by atoms with Crippen LogP contribution in [-0.4, -0.2) is 8.42 Å². The summed E-state index contributed by atoms with van der Waals surface area (Å²) in [6.07, 6.45) is 0.844. The van der Waals surface area contributed by atoms with E-state index in [2.05, 4.69) is 4.72 Å². The third-order valence-electron chi connectivity index (χ3n) is 2.97. The average Bonchev–Trinajstić information content (AvgIpc) is 2.44. The van der Waals surface area contributed by atoms with E-state index in [1.165, 1.54) is 12.1 Å². The standard InChI is InChI=1S/C14H14Cl2N2O2S/c1-2-9-3-5-11(6-4-9)21(19,20)18-10-7-12(15)14(17)13(16)8-10/h3-8,18H,2,17H2,1H3. The molecule has 0 saturated carbocycles. The number of nitrogens with two attached hydrogens (primary N) is 1. The second-order valence-electron chi connectivity index (χ2n) is 4.46. The number of sulfonamides is 1. The third kappa shape index (κ3) is 3.61. The fourth-order valence-electron chi connectivity index (χ4n) is 1.76. The molecule has 0 spiro atoms. The van der Waals surface area contributed by atoms with Gasteiger partial charge in [-0.2, -0.15) is 0 Å². The summed E-state index contributed by atoms with van der Waals surface area (Å²) in [5.41, 5.74) is 7.16. The number of rotatable bonds is 4. The molecule has 0 bridgehead atoms. The smallest absolute Gasteiger partial charge is 0.261 e. The molecular weight excluding hydrogens is 331 g/mol. The lowest BCUT2D eigenvalue weighted by atomic mass is 10.2. The van der Waals surface area contributed by atoms with Gasteiger partial charge in [-0.1, -0.05) is 42.3 Å². The van der Waals surface area contributed by atoms with Crippen LogP contribution in [0.1, 0.15) is 12.5 Å². The zero-order chi connectivity index (χ0) is 15.6. The van der Waals surface area contributed by atoms with E-state index in [0.717, 1.165) is 12.0 Å². The van der Waals surface area contributed by atoms with Crippen LogP contribution in [0.2, 0.25) is 10.0 Å². The molecule has 0 aliphatic carbocycles. The van der Waals surface area contributed by atoms with Crippen molar-refractivity contribution >= 4 is 44.6 Å². The fourth-order valence-corrected chi connectivity index (χ4v) is 3.29. The van der Waals surface area contributed by atoms with Crippen molar-refractivity contribution in [1.29, 1.82) is 0 Å². The molecule has 0 aliphatic rings. The quantitative estimate of drug-likeness (QED) is 0.825. The Bertz CT molecular complexity index is 736. The van der Waals surface area contributed by atoms with Crippen molar-refractivity contribution in [2.24, 2.45) is 0 Å². The molecular formula is C14H14Cl2N2O2S. The van der Waals surface area contributed by atoms with Crippen LogP contribution in [-0.2, 0) is 16.4 Å². The van der Waals surface area contributed by atoms with Gasteiger partial charge in [0.15, 0.2) is 0 Å². The Kier molecular flexibility index (Phi) is 4.66. The molecule has 0 heterocycles. The SMILES string of the molecule is CCc1ccc(S(=O)(=O)Nc2cc(Cl)c(N)c(Cl)c2)cc1. The molecule has 3 N–H and O–H groups in total. The van der Waals surface area contributed by atoms with Gasteiger partial charge in [-0.3, -0.25) is 4.72 Å². The van der Waals surface area contributed by atoms with Gasteiger partial charge < -0.3 is 5.73 Å². The van der Waals surface area contributed by atoms with Crippen LogP contribution in [0, 0.1) is 0 Å². The zero-order valence-electron chi connectivity index (χ0n) is 11.2. The van der Waals surface area contributed by atoms with Gasteiger partial charge in [-0.15, -0.1) is 0 Å². The number of anilines is 2. The Morgan fingerprint density at radius 1 is 1.10 bits per heavy atom. The van der Waals surface area contributed by atoms with Crippen LogP contribution >= 0.6 is 23.2 Å². The van der Waals surface area contributed by atoms with Gasteiger partial charge in [0.2, 0.25) is 0 Å². The maximum Gasteiger partial charge on any atom is 0.261 e. The van der Waals surface area contributed by atoms with Gasteiger partial charge in [0.1, 0.15) is 0 Å². The normalized spacial score (nSPS) is 11.4. The van der Waals surface area contributed by atoms with E-state index >= 15 is 0 Å². The second-order valence-corrected chi connectivity index (χ2v) is 6.95. The Balaban J connectivity index is 2.32. The van der Waals surface area contributed by atoms with E-state index in [1.54, 1.807) is 24.3 Å². The number of benzene rings is 2. The summed E-state index contributed by atoms with van der Waals surface area (Å²) in [6, 6.07) is 9.50. The molecule has 0 amide bonds. The highest BCUT2D eigenvalue weighted by molar-refractivity contribution is 7.92. The van der Waals surface area contributed by atoms with Crippen LogP contribution in [0.25, 0.3) is 0 Å². The molecule has 0 unspecified atom stereocenters. The lowest BCUT2D eigenvalue weighted by molar-refractivity contribution is 0.601. The van der Waals surface area contributed by atoms with E-state index in [-0.39, 0.29) is 26.3 Å². The van der Waals surface area contributed by atoms with Gasteiger partial charge in [0, 0.05) is 0 Å². The predicted molar refractivity (Wildman–Crippen MR) is 87.5 cm³/mol. The van der Waals surface area contributed by atoms with Gasteiger partial charge in [0.25, 0.3) is 10.0 Å². The first kappa shape index (κ1) is 15.9. The lowest BCUT2D eigenvalue weighted by Gasteiger charge is -2.10. The van der Waals surface area contributed by atoms with Crippen LogP contribution in [0.4, 0.5) is 11.4 Å². The minimum Gasteiger partial charge on any atom is -0.396 e. The van der Waals surface area contributed by atoms with Crippen LogP contribution in [0.3, 0.4) is 0 Å². The van der Waals surface area contributed by atoms with Gasteiger partial charge >= 0.3 is 0 Å². The molecule has 112 valence electrons. The largest absolute Gasteiger partial charge is 0.396 e. The lowest BCUT2D eigenvalue weighted by Crippen LogP contribution is -2.13. The maximum absolute atomic E-state index is 12.3. The van der Waals surface area contributed by atoms with Crippen molar-refractivity contribution in [1.82, 2.24) is 0 Å². The van der Waals surface area contributed by atoms with Crippen molar-refractivity contribution < 1.29 is 8.42 Å². The predicted octanol–water partition coefficient (Wildman–Crippen LogP) is 3.94. The molecule has 0 radical (unpaired) electrons. The fraction of sp³-hybridized carbons (Fsp3) is 0.143. The van der Waals surface area contributed by atoms with Crippen molar-refractivity contribution in [3.63, 3.8) is 0 Å². The molecule has 0 atom stereocenters. The molecule has 0 aliphatic heterocycles. The maximum atomic E-state index is 12.3. The molecule has 0 aromatic heterocycles. The summed E-state index contributed by atoms with van der Waals surface area (Å²) in [4.78, 5) is 0.170. The van der Waals surface area contributed by atoms with Gasteiger partial charge in [0.05, 0.1) is 26.3 Å². The van der Waals surface area contributed by atoms with Crippen molar-refractivity contribution in [3.05, 3.63) is 52.0 Å². The van der Waals surface area contributed by atoms with Gasteiger partial charge in [-0.05, 0) is 36.2 Å². The molecule has 2 aromatic carbocycles. The number of nitrogens with one attached hydrogen (secondary N) is 1. The number of hydrogen-bond donors (Lipinski definition) is 2. The summed E-state index contributed by atoms with van der Waals surface area (Å²) < 4.78 is 27.0. The number of hydrogen-bond acceptors (Lipinski definition) is 3. The topological polar surface area (TPSA) is 72.2 Å². The van der Waals surface area contributed by atoms with Crippen molar-refractivity contribution in [3.8, 4) is 0 Å². The van der Waals surface area contributed by atoms with Crippen molar-refractivity contribution in [2.45, 2.75) is 18.2 Å². The molecule has 0 fully saturated rings. The molecule has 7 heteroatoms. The van der Waals surface area contributed by atoms with E-state index in [0.29, 0.717) is 0 Å². The minimum atomic E-state index is -3.69. The Morgan fingerprint density at radius 2 is 1.62 bits per heavy atom. The first-order valence-electron chi connectivity index (χ1n) is 6.19. The monoisotopic (exact) mass is 344 g/mol. The third-order valence-corrected chi connectivity index (χ3v) is 5.00. The number of halogens is 2. The summed E-state index contributed by atoms with van der Waals surface area (Å²) in [6.45, 7) is 2.00. The molecule has 0 saturated heterocycles. The zero-order valence-corrected chi connectivity index (χ0v) is 13.6. The molecule has 4 nitrogen and oxygen atoms in total. The Hall–Kier alpha value is -1.43. The highest BCUT2D eigenvalue weighted by Crippen LogP contribution is 2.32. The van der Waals surface area contributed by atoms with Crippen LogP contribution in [0.5, 0.6) is 0 Å². The van der Waals surface area contributed by atoms with Crippen molar-refractivity contribution in [2.75, 3.05) is 10.5 Å².